The van der Waals surface area contributed by atoms with Gasteiger partial charge in [-0.3, -0.25) is 14.6 Å². The number of pyridine rings is 1. The first kappa shape index (κ1) is 19.7. The fourth-order valence-corrected chi connectivity index (χ4v) is 4.51. The van der Waals surface area contributed by atoms with Crippen LogP contribution < -0.4 is 0 Å². The molecule has 6 heteroatoms. The molecule has 1 aliphatic heterocycles. The molecule has 2 aromatic rings. The van der Waals surface area contributed by atoms with Crippen molar-refractivity contribution in [3.63, 3.8) is 0 Å². The van der Waals surface area contributed by atoms with Crippen LogP contribution in [0.1, 0.15) is 44.2 Å². The Morgan fingerprint density at radius 3 is 2.34 bits per heavy atom. The molecule has 2 heterocycles. The van der Waals surface area contributed by atoms with Crippen LogP contribution in [0.4, 0.5) is 8.78 Å². The lowest BCUT2D eigenvalue weighted by Crippen LogP contribution is -2.40. The first-order valence-corrected chi connectivity index (χ1v) is 10.2. The van der Waals surface area contributed by atoms with Gasteiger partial charge in [-0.25, -0.2) is 8.78 Å². The van der Waals surface area contributed by atoms with Crippen LogP contribution in [0.3, 0.4) is 0 Å². The summed E-state index contributed by atoms with van der Waals surface area (Å²) in [5.74, 6) is -0.825. The molecule has 0 spiro atoms. The van der Waals surface area contributed by atoms with E-state index in [0.717, 1.165) is 44.7 Å². The van der Waals surface area contributed by atoms with Gasteiger partial charge in [0.2, 0.25) is 5.91 Å². The summed E-state index contributed by atoms with van der Waals surface area (Å²) in [7, 11) is 0. The van der Waals surface area contributed by atoms with Crippen LogP contribution >= 0.6 is 0 Å². The van der Waals surface area contributed by atoms with Gasteiger partial charge in [0.05, 0.1) is 0 Å². The summed E-state index contributed by atoms with van der Waals surface area (Å²) in [6.45, 7) is 0.855. The van der Waals surface area contributed by atoms with E-state index >= 15 is 0 Å². The van der Waals surface area contributed by atoms with Crippen molar-refractivity contribution in [3.8, 4) is 11.1 Å². The number of halogens is 2. The number of Topliss-reactive ketones (excluding diaryl/α,β-unsaturated/α-hetero) is 1. The highest BCUT2D eigenvalue weighted by molar-refractivity contribution is 5.83. The zero-order valence-corrected chi connectivity index (χ0v) is 16.2. The fraction of sp³-hybridized carbons (Fsp3) is 0.435. The molecule has 4 rings (SSSR count). The molecule has 0 atom stereocenters. The van der Waals surface area contributed by atoms with Gasteiger partial charge in [-0.1, -0.05) is 6.07 Å². The van der Waals surface area contributed by atoms with Gasteiger partial charge in [-0.15, -0.1) is 0 Å². The molecule has 1 aromatic heterocycles. The maximum absolute atomic E-state index is 13.4. The number of ketones is 1. The van der Waals surface area contributed by atoms with E-state index in [0.29, 0.717) is 23.2 Å². The van der Waals surface area contributed by atoms with Gasteiger partial charge >= 0.3 is 0 Å². The zero-order chi connectivity index (χ0) is 20.4. The molecule has 0 N–H and O–H groups in total. The quantitative estimate of drug-likeness (QED) is 0.754. The van der Waals surface area contributed by atoms with E-state index in [2.05, 4.69) is 4.98 Å². The van der Waals surface area contributed by atoms with Crippen molar-refractivity contribution in [1.82, 2.24) is 9.88 Å². The maximum Gasteiger partial charge on any atom is 0.222 e. The van der Waals surface area contributed by atoms with E-state index in [4.69, 9.17) is 0 Å². The lowest BCUT2D eigenvalue weighted by molar-refractivity contribution is -0.130. The van der Waals surface area contributed by atoms with Gasteiger partial charge in [0, 0.05) is 54.9 Å². The fourth-order valence-electron chi connectivity index (χ4n) is 4.51. The third-order valence-corrected chi connectivity index (χ3v) is 6.08. The second kappa shape index (κ2) is 8.39. The van der Waals surface area contributed by atoms with Crippen LogP contribution in [0, 0.1) is 17.6 Å². The molecule has 0 unspecified atom stereocenters. The van der Waals surface area contributed by atoms with Gasteiger partial charge in [-0.05, 0) is 55.9 Å². The largest absolute Gasteiger partial charge is 0.340 e. The van der Waals surface area contributed by atoms with E-state index in [-0.39, 0.29) is 30.1 Å². The van der Waals surface area contributed by atoms with Crippen molar-refractivity contribution in [3.05, 3.63) is 53.9 Å². The molecule has 152 valence electrons. The van der Waals surface area contributed by atoms with Gasteiger partial charge in [-0.2, -0.15) is 0 Å². The topological polar surface area (TPSA) is 50.3 Å². The monoisotopic (exact) mass is 398 g/mol. The van der Waals surface area contributed by atoms with Crippen LogP contribution in [0.15, 0.2) is 36.5 Å². The summed E-state index contributed by atoms with van der Waals surface area (Å²) in [5, 5.41) is 0. The Bertz CT molecular complexity index is 885. The Morgan fingerprint density at radius 2 is 1.76 bits per heavy atom. The number of amides is 1. The molecule has 0 radical (unpaired) electrons. The predicted octanol–water partition coefficient (Wildman–Crippen LogP) is 4.32. The number of likely N-dealkylation sites (tertiary alicyclic amines) is 1. The number of rotatable bonds is 5. The second-order valence-electron chi connectivity index (χ2n) is 8.04. The van der Waals surface area contributed by atoms with E-state index in [9.17, 15) is 18.4 Å². The summed E-state index contributed by atoms with van der Waals surface area (Å²) in [6, 6.07) is 7.11. The summed E-state index contributed by atoms with van der Waals surface area (Å²) in [6.07, 6.45) is 6.81. The smallest absolute Gasteiger partial charge is 0.222 e. The number of carbonyl (C=O) groups is 2. The Kier molecular flexibility index (Phi) is 5.69. The Morgan fingerprint density at radius 1 is 1.03 bits per heavy atom. The number of hydrogen-bond acceptors (Lipinski definition) is 3. The summed E-state index contributed by atoms with van der Waals surface area (Å²) in [5.41, 5.74) is 1.69. The minimum Gasteiger partial charge on any atom is -0.340 e. The van der Waals surface area contributed by atoms with Crippen molar-refractivity contribution in [1.29, 1.82) is 0 Å². The zero-order valence-electron chi connectivity index (χ0n) is 16.2. The second-order valence-corrected chi connectivity index (χ2v) is 8.04. The molecule has 29 heavy (non-hydrogen) atoms. The predicted molar refractivity (Wildman–Crippen MR) is 105 cm³/mol. The molecular formula is C23H24F2N2O2. The minimum absolute atomic E-state index is 0.0164. The minimum atomic E-state index is -0.634. The van der Waals surface area contributed by atoms with Crippen molar-refractivity contribution in [2.45, 2.75) is 51.0 Å². The standard InChI is InChI=1S/C23H24F2N2O2/c24-18-10-17(11-19(25)12-18)16-3-6-20(26-14-16)13-22(28)15-4-7-21(8-5-15)27-9-1-2-23(27)29/h3,6,10-12,14-15,21H,1-2,4-5,7-9,13H2. The molecule has 0 bridgehead atoms. The van der Waals surface area contributed by atoms with Crippen LogP contribution in [-0.4, -0.2) is 34.2 Å². The highest BCUT2D eigenvalue weighted by Crippen LogP contribution is 2.31. The average Bonchev–Trinajstić information content (AvgIpc) is 3.14. The number of carbonyl (C=O) groups excluding carboxylic acids is 2. The molecule has 2 aliphatic rings. The molecule has 1 saturated carbocycles. The Labute approximate surface area is 168 Å². The highest BCUT2D eigenvalue weighted by Gasteiger charge is 2.33. The van der Waals surface area contributed by atoms with Crippen molar-refractivity contribution < 1.29 is 18.4 Å². The number of nitrogens with zero attached hydrogens (tertiary/aromatic N) is 2. The van der Waals surface area contributed by atoms with E-state index in [1.807, 2.05) is 4.90 Å². The molecule has 2 fully saturated rings. The van der Waals surface area contributed by atoms with Crippen molar-refractivity contribution >= 4 is 11.7 Å². The molecule has 4 nitrogen and oxygen atoms in total. The molecule has 1 aliphatic carbocycles. The van der Waals surface area contributed by atoms with E-state index in [1.54, 1.807) is 18.3 Å². The third-order valence-electron chi connectivity index (χ3n) is 6.08. The Balaban J connectivity index is 1.33. The maximum atomic E-state index is 13.4. The lowest BCUT2D eigenvalue weighted by Gasteiger charge is -2.34. The van der Waals surface area contributed by atoms with Gasteiger partial charge < -0.3 is 4.90 Å². The van der Waals surface area contributed by atoms with Crippen LogP contribution in [0.2, 0.25) is 0 Å². The Hall–Kier alpha value is -2.63. The third kappa shape index (κ3) is 4.52. The summed E-state index contributed by atoms with van der Waals surface area (Å²) in [4.78, 5) is 30.9. The van der Waals surface area contributed by atoms with Crippen molar-refractivity contribution in [2.75, 3.05) is 6.54 Å². The van der Waals surface area contributed by atoms with E-state index in [1.165, 1.54) is 12.1 Å². The normalized spacial score (nSPS) is 22.1. The van der Waals surface area contributed by atoms with Crippen molar-refractivity contribution in [2.24, 2.45) is 5.92 Å². The van der Waals surface area contributed by atoms with Crippen LogP contribution in [0.5, 0.6) is 0 Å². The molecule has 1 saturated heterocycles. The summed E-state index contributed by atoms with van der Waals surface area (Å²) < 4.78 is 26.8. The van der Waals surface area contributed by atoms with Gasteiger partial charge in [0.1, 0.15) is 17.4 Å². The highest BCUT2D eigenvalue weighted by atomic mass is 19.1. The van der Waals surface area contributed by atoms with Gasteiger partial charge in [0.25, 0.3) is 0 Å². The first-order chi connectivity index (χ1) is 14.0. The molecule has 1 aromatic carbocycles. The van der Waals surface area contributed by atoms with Crippen LogP contribution in [0.25, 0.3) is 11.1 Å². The summed E-state index contributed by atoms with van der Waals surface area (Å²) >= 11 is 0. The SMILES string of the molecule is O=C(Cc1ccc(-c2cc(F)cc(F)c2)cn1)C1CCC(N2CCCC2=O)CC1. The number of hydrogen-bond donors (Lipinski definition) is 0. The van der Waals surface area contributed by atoms with Gasteiger partial charge in [0.15, 0.2) is 0 Å². The lowest BCUT2D eigenvalue weighted by atomic mass is 9.82. The average molecular weight is 398 g/mol. The van der Waals surface area contributed by atoms with E-state index < -0.39 is 11.6 Å². The first-order valence-electron chi connectivity index (χ1n) is 10.2. The molecular weight excluding hydrogens is 374 g/mol. The number of benzene rings is 1. The molecule has 1 amide bonds. The van der Waals surface area contributed by atoms with Crippen LogP contribution in [-0.2, 0) is 16.0 Å². The number of aromatic nitrogens is 1.